The predicted molar refractivity (Wildman–Crippen MR) is 78.4 cm³/mol. The molecule has 1 aromatic carbocycles. The molecule has 1 amide bonds. The molecule has 0 saturated carbocycles. The van der Waals surface area contributed by atoms with Gasteiger partial charge >= 0.3 is 0 Å². The van der Waals surface area contributed by atoms with E-state index in [1.54, 1.807) is 29.5 Å². The lowest BCUT2D eigenvalue weighted by atomic mass is 9.95. The Kier molecular flexibility index (Phi) is 3.95. The number of hydrogen-bond donors (Lipinski definition) is 1. The van der Waals surface area contributed by atoms with E-state index < -0.39 is 5.60 Å². The summed E-state index contributed by atoms with van der Waals surface area (Å²) in [5, 5.41) is 10.6. The number of benzene rings is 1. The zero-order valence-electron chi connectivity index (χ0n) is 12.1. The number of likely N-dealkylation sites (N-methyl/N-ethyl adjacent to an activating group) is 1. The summed E-state index contributed by atoms with van der Waals surface area (Å²) in [5.41, 5.74) is 0.333. The molecular weight excluding hydrogens is 252 g/mol. The molecule has 1 atom stereocenters. The van der Waals surface area contributed by atoms with Crippen molar-refractivity contribution in [3.8, 4) is 0 Å². The predicted octanol–water partition coefficient (Wildman–Crippen LogP) is 2.00. The minimum absolute atomic E-state index is 0.103. The first-order valence-electron chi connectivity index (χ1n) is 6.56. The average molecular weight is 272 g/mol. The highest BCUT2D eigenvalue weighted by Crippen LogP contribution is 2.21. The van der Waals surface area contributed by atoms with Crippen molar-refractivity contribution in [3.63, 3.8) is 0 Å². The zero-order chi connectivity index (χ0) is 14.8. The van der Waals surface area contributed by atoms with E-state index in [2.05, 4.69) is 0 Å². The van der Waals surface area contributed by atoms with E-state index in [0.717, 1.165) is 5.56 Å². The van der Waals surface area contributed by atoms with Crippen LogP contribution < -0.4 is 0 Å². The largest absolute Gasteiger partial charge is 0.384 e. The minimum atomic E-state index is -1.07. The third kappa shape index (κ3) is 2.91. The molecular formula is C16H20N2O2. The maximum atomic E-state index is 12.3. The quantitative estimate of drug-likeness (QED) is 0.925. The molecule has 1 N–H and O–H groups in total. The Balaban J connectivity index is 2.13. The standard InChI is InChI=1S/C16H20N2O2/c1-16(20,13-8-5-4-6-9-13)12-18(3)15(19)14-10-7-11-17(14)2/h4-11,20H,12H2,1-3H3. The van der Waals surface area contributed by atoms with Crippen LogP contribution in [0.4, 0.5) is 0 Å². The van der Waals surface area contributed by atoms with Crippen LogP contribution >= 0.6 is 0 Å². The number of amides is 1. The summed E-state index contributed by atoms with van der Waals surface area (Å²) in [4.78, 5) is 13.9. The van der Waals surface area contributed by atoms with E-state index in [9.17, 15) is 9.90 Å². The van der Waals surface area contributed by atoms with Crippen molar-refractivity contribution in [2.75, 3.05) is 13.6 Å². The molecule has 2 aromatic rings. The lowest BCUT2D eigenvalue weighted by Gasteiger charge is -2.29. The summed E-state index contributed by atoms with van der Waals surface area (Å²) < 4.78 is 1.77. The topological polar surface area (TPSA) is 45.5 Å². The van der Waals surface area contributed by atoms with Crippen molar-refractivity contribution in [3.05, 3.63) is 59.9 Å². The SMILES string of the molecule is CN(CC(C)(O)c1ccccc1)C(=O)c1cccn1C. The molecule has 0 aliphatic heterocycles. The fourth-order valence-electron chi connectivity index (χ4n) is 2.30. The molecule has 1 aromatic heterocycles. The molecule has 0 aliphatic rings. The van der Waals surface area contributed by atoms with Gasteiger partial charge in [0.15, 0.2) is 0 Å². The van der Waals surface area contributed by atoms with Crippen molar-refractivity contribution < 1.29 is 9.90 Å². The Morgan fingerprint density at radius 3 is 2.45 bits per heavy atom. The second kappa shape index (κ2) is 5.51. The monoisotopic (exact) mass is 272 g/mol. The van der Waals surface area contributed by atoms with Crippen LogP contribution in [0, 0.1) is 0 Å². The molecule has 20 heavy (non-hydrogen) atoms. The maximum absolute atomic E-state index is 12.3. The molecule has 0 bridgehead atoms. The molecule has 1 unspecified atom stereocenters. The lowest BCUT2D eigenvalue weighted by molar-refractivity contribution is 0.0209. The second-order valence-corrected chi connectivity index (χ2v) is 5.31. The van der Waals surface area contributed by atoms with Gasteiger partial charge in [-0.2, -0.15) is 0 Å². The number of aryl methyl sites for hydroxylation is 1. The van der Waals surface area contributed by atoms with E-state index in [-0.39, 0.29) is 12.5 Å². The molecule has 0 saturated heterocycles. The Hall–Kier alpha value is -2.07. The van der Waals surface area contributed by atoms with Crippen molar-refractivity contribution in [1.29, 1.82) is 0 Å². The van der Waals surface area contributed by atoms with Gasteiger partial charge in [0.1, 0.15) is 11.3 Å². The van der Waals surface area contributed by atoms with Crippen molar-refractivity contribution in [1.82, 2.24) is 9.47 Å². The smallest absolute Gasteiger partial charge is 0.270 e. The van der Waals surface area contributed by atoms with Crippen LogP contribution in [0.25, 0.3) is 0 Å². The van der Waals surface area contributed by atoms with Crippen LogP contribution in [-0.4, -0.2) is 34.1 Å². The Morgan fingerprint density at radius 2 is 1.90 bits per heavy atom. The molecule has 0 spiro atoms. The molecule has 0 fully saturated rings. The average Bonchev–Trinajstić information content (AvgIpc) is 2.84. The van der Waals surface area contributed by atoms with Crippen molar-refractivity contribution >= 4 is 5.91 Å². The van der Waals surface area contributed by atoms with E-state index in [0.29, 0.717) is 5.69 Å². The van der Waals surface area contributed by atoms with Crippen LogP contribution in [0.5, 0.6) is 0 Å². The highest BCUT2D eigenvalue weighted by atomic mass is 16.3. The number of rotatable bonds is 4. The van der Waals surface area contributed by atoms with Gasteiger partial charge in [-0.1, -0.05) is 30.3 Å². The van der Waals surface area contributed by atoms with Gasteiger partial charge < -0.3 is 14.6 Å². The zero-order valence-corrected chi connectivity index (χ0v) is 12.1. The summed E-state index contributed by atoms with van der Waals surface area (Å²) in [5.74, 6) is -0.103. The Morgan fingerprint density at radius 1 is 1.25 bits per heavy atom. The first-order chi connectivity index (χ1) is 9.42. The van der Waals surface area contributed by atoms with Crippen LogP contribution in [0.15, 0.2) is 48.7 Å². The highest BCUT2D eigenvalue weighted by Gasteiger charge is 2.27. The Bertz CT molecular complexity index is 588. The summed E-state index contributed by atoms with van der Waals surface area (Å²) in [6.07, 6.45) is 1.83. The van der Waals surface area contributed by atoms with E-state index in [1.807, 2.05) is 49.6 Å². The normalized spacial score (nSPS) is 13.8. The van der Waals surface area contributed by atoms with Gasteiger partial charge in [0.25, 0.3) is 5.91 Å². The molecule has 2 rings (SSSR count). The maximum Gasteiger partial charge on any atom is 0.270 e. The number of hydrogen-bond acceptors (Lipinski definition) is 2. The number of carbonyl (C=O) groups excluding carboxylic acids is 1. The van der Waals surface area contributed by atoms with Gasteiger partial charge in [0.05, 0.1) is 6.54 Å². The third-order valence-corrected chi connectivity index (χ3v) is 3.45. The van der Waals surface area contributed by atoms with Crippen LogP contribution in [0.1, 0.15) is 23.0 Å². The van der Waals surface area contributed by atoms with Crippen LogP contribution in [-0.2, 0) is 12.6 Å². The van der Waals surface area contributed by atoms with E-state index in [4.69, 9.17) is 0 Å². The van der Waals surface area contributed by atoms with Gasteiger partial charge in [-0.25, -0.2) is 0 Å². The van der Waals surface area contributed by atoms with Crippen LogP contribution in [0.2, 0.25) is 0 Å². The van der Waals surface area contributed by atoms with E-state index in [1.165, 1.54) is 0 Å². The van der Waals surface area contributed by atoms with Gasteiger partial charge in [-0.3, -0.25) is 4.79 Å². The van der Waals surface area contributed by atoms with Crippen molar-refractivity contribution in [2.24, 2.45) is 7.05 Å². The summed E-state index contributed by atoms with van der Waals surface area (Å²) in [7, 11) is 3.53. The second-order valence-electron chi connectivity index (χ2n) is 5.31. The number of aromatic nitrogens is 1. The summed E-state index contributed by atoms with van der Waals surface area (Å²) in [6.45, 7) is 1.96. The summed E-state index contributed by atoms with van der Waals surface area (Å²) in [6, 6.07) is 13.0. The molecule has 1 heterocycles. The number of nitrogens with zero attached hydrogens (tertiary/aromatic N) is 2. The lowest BCUT2D eigenvalue weighted by Crippen LogP contribution is -2.40. The van der Waals surface area contributed by atoms with Gasteiger partial charge in [0, 0.05) is 20.3 Å². The number of aliphatic hydroxyl groups is 1. The molecule has 106 valence electrons. The molecule has 4 heteroatoms. The third-order valence-electron chi connectivity index (χ3n) is 3.45. The summed E-state index contributed by atoms with van der Waals surface area (Å²) >= 11 is 0. The fraction of sp³-hybridized carbons (Fsp3) is 0.312. The van der Waals surface area contributed by atoms with Crippen LogP contribution in [0.3, 0.4) is 0 Å². The fourth-order valence-corrected chi connectivity index (χ4v) is 2.30. The van der Waals surface area contributed by atoms with E-state index >= 15 is 0 Å². The molecule has 4 nitrogen and oxygen atoms in total. The molecule has 0 aliphatic carbocycles. The highest BCUT2D eigenvalue weighted by molar-refractivity contribution is 5.92. The minimum Gasteiger partial charge on any atom is -0.384 e. The van der Waals surface area contributed by atoms with Gasteiger partial charge in [-0.05, 0) is 24.6 Å². The first-order valence-corrected chi connectivity index (χ1v) is 6.56. The van der Waals surface area contributed by atoms with Gasteiger partial charge in [-0.15, -0.1) is 0 Å². The molecule has 0 radical (unpaired) electrons. The van der Waals surface area contributed by atoms with Crippen molar-refractivity contribution in [2.45, 2.75) is 12.5 Å². The van der Waals surface area contributed by atoms with Gasteiger partial charge in [0.2, 0.25) is 0 Å². The Labute approximate surface area is 119 Å². The first kappa shape index (κ1) is 14.3. The number of carbonyl (C=O) groups is 1.